The third kappa shape index (κ3) is 3.89. The van der Waals surface area contributed by atoms with Gasteiger partial charge in [0.2, 0.25) is 0 Å². The summed E-state index contributed by atoms with van der Waals surface area (Å²) in [6.07, 6.45) is 3.18. The molecule has 0 saturated carbocycles. The van der Waals surface area contributed by atoms with Crippen LogP contribution in [0.1, 0.15) is 17.8 Å². The minimum Gasteiger partial charge on any atom is -0.369 e. The maximum absolute atomic E-state index is 4.67. The van der Waals surface area contributed by atoms with Crippen LogP contribution in [0.4, 0.5) is 5.69 Å². The molecule has 6 heteroatoms. The molecule has 1 aliphatic rings. The molecule has 0 amide bonds. The Morgan fingerprint density at radius 3 is 2.81 bits per heavy atom. The summed E-state index contributed by atoms with van der Waals surface area (Å²) >= 11 is 0. The lowest BCUT2D eigenvalue weighted by molar-refractivity contribution is 0.647. The highest BCUT2D eigenvalue weighted by atomic mass is 15.2. The molecule has 3 aromatic rings. The Balaban J connectivity index is 1.34. The van der Waals surface area contributed by atoms with Crippen LogP contribution >= 0.6 is 0 Å². The summed E-state index contributed by atoms with van der Waals surface area (Å²) in [7, 11) is 1.81. The Hall–Kier alpha value is -3.02. The lowest BCUT2D eigenvalue weighted by atomic mass is 10.3. The summed E-state index contributed by atoms with van der Waals surface area (Å²) in [5.41, 5.74) is 4.44. The van der Waals surface area contributed by atoms with E-state index in [1.807, 2.05) is 19.2 Å². The summed E-state index contributed by atoms with van der Waals surface area (Å²) in [4.78, 5) is 11.5. The number of benzene rings is 1. The Labute approximate surface area is 159 Å². The normalized spacial score (nSPS) is 17.5. The number of aryl methyl sites for hydroxylation is 1. The molecule has 0 radical (unpaired) electrons. The minimum absolute atomic E-state index is 0.389. The largest absolute Gasteiger partial charge is 0.369 e. The van der Waals surface area contributed by atoms with Crippen molar-refractivity contribution < 1.29 is 0 Å². The van der Waals surface area contributed by atoms with Crippen LogP contribution in [-0.2, 0) is 6.54 Å². The number of nitrogens with zero attached hydrogens (tertiary/aromatic N) is 4. The number of pyridine rings is 1. The van der Waals surface area contributed by atoms with Crippen molar-refractivity contribution in [3.05, 3.63) is 66.1 Å². The van der Waals surface area contributed by atoms with Crippen LogP contribution in [0.2, 0.25) is 0 Å². The van der Waals surface area contributed by atoms with Crippen LogP contribution in [0.3, 0.4) is 0 Å². The van der Waals surface area contributed by atoms with E-state index in [1.54, 1.807) is 0 Å². The van der Waals surface area contributed by atoms with Gasteiger partial charge in [-0.15, -0.1) is 0 Å². The first kappa shape index (κ1) is 17.4. The van der Waals surface area contributed by atoms with E-state index in [-0.39, 0.29) is 0 Å². The fourth-order valence-corrected chi connectivity index (χ4v) is 3.60. The van der Waals surface area contributed by atoms with E-state index in [0.717, 1.165) is 36.8 Å². The van der Waals surface area contributed by atoms with Crippen LogP contribution in [0.25, 0.3) is 5.65 Å². The van der Waals surface area contributed by atoms with Gasteiger partial charge in [0, 0.05) is 43.8 Å². The summed E-state index contributed by atoms with van der Waals surface area (Å²) in [5.74, 6) is 0.823. The third-order valence-corrected chi connectivity index (χ3v) is 5.06. The number of para-hydroxylation sites is 1. The number of rotatable bonds is 4. The first-order valence-corrected chi connectivity index (χ1v) is 9.44. The molecule has 1 aliphatic heterocycles. The first-order chi connectivity index (χ1) is 13.2. The predicted octanol–water partition coefficient (Wildman–Crippen LogP) is 2.59. The molecular formula is C21H26N6. The van der Waals surface area contributed by atoms with E-state index in [4.69, 9.17) is 0 Å². The van der Waals surface area contributed by atoms with Crippen LogP contribution in [0.15, 0.2) is 59.7 Å². The zero-order valence-electron chi connectivity index (χ0n) is 15.9. The van der Waals surface area contributed by atoms with Gasteiger partial charge in [0.15, 0.2) is 5.96 Å². The second kappa shape index (κ2) is 7.70. The summed E-state index contributed by atoms with van der Waals surface area (Å²) in [5, 5.41) is 6.94. The van der Waals surface area contributed by atoms with Crippen molar-refractivity contribution >= 4 is 17.3 Å². The summed E-state index contributed by atoms with van der Waals surface area (Å²) in [6.45, 7) is 4.78. The van der Waals surface area contributed by atoms with Gasteiger partial charge in [-0.1, -0.05) is 24.3 Å². The lowest BCUT2D eigenvalue weighted by Gasteiger charge is -2.20. The third-order valence-electron chi connectivity index (χ3n) is 5.06. The fraction of sp³-hybridized carbons (Fsp3) is 0.333. The molecule has 27 heavy (non-hydrogen) atoms. The Kier molecular flexibility index (Phi) is 4.96. The second-order valence-electron chi connectivity index (χ2n) is 6.96. The van der Waals surface area contributed by atoms with Gasteiger partial charge in [-0.2, -0.15) is 0 Å². The number of hydrogen-bond acceptors (Lipinski definition) is 3. The minimum atomic E-state index is 0.389. The van der Waals surface area contributed by atoms with E-state index in [2.05, 4.69) is 79.4 Å². The molecule has 6 nitrogen and oxygen atoms in total. The second-order valence-corrected chi connectivity index (χ2v) is 6.96. The molecule has 1 unspecified atom stereocenters. The highest BCUT2D eigenvalue weighted by Crippen LogP contribution is 2.19. The van der Waals surface area contributed by atoms with Gasteiger partial charge in [-0.05, 0) is 37.6 Å². The van der Waals surface area contributed by atoms with Gasteiger partial charge in [-0.3, -0.25) is 4.99 Å². The van der Waals surface area contributed by atoms with Crippen molar-refractivity contribution in [3.63, 3.8) is 0 Å². The number of fused-ring (bicyclic) bond motifs is 1. The van der Waals surface area contributed by atoms with E-state index < -0.39 is 0 Å². The Bertz CT molecular complexity index is 930. The van der Waals surface area contributed by atoms with E-state index in [0.29, 0.717) is 12.6 Å². The number of hydrogen-bond donors (Lipinski definition) is 2. The van der Waals surface area contributed by atoms with Crippen LogP contribution in [0.5, 0.6) is 0 Å². The van der Waals surface area contributed by atoms with Crippen molar-refractivity contribution in [2.24, 2.45) is 4.99 Å². The predicted molar refractivity (Wildman–Crippen MR) is 110 cm³/mol. The zero-order chi connectivity index (χ0) is 18.6. The molecule has 2 N–H and O–H groups in total. The number of nitrogens with one attached hydrogen (secondary N) is 2. The topological polar surface area (TPSA) is 57.0 Å². The maximum Gasteiger partial charge on any atom is 0.191 e. The standard InChI is InChI=1S/C21H26N6/c1-16-7-6-10-20-24-18(15-27(16)20)13-23-21(22-2)25-17-11-12-26(14-17)19-8-4-3-5-9-19/h3-10,15,17H,11-14H2,1-2H3,(H2,22,23,25). The molecule has 0 bridgehead atoms. The van der Waals surface area contributed by atoms with Crippen molar-refractivity contribution in [1.29, 1.82) is 0 Å². The number of anilines is 1. The van der Waals surface area contributed by atoms with E-state index >= 15 is 0 Å². The summed E-state index contributed by atoms with van der Waals surface area (Å²) < 4.78 is 2.11. The molecule has 0 spiro atoms. The van der Waals surface area contributed by atoms with Crippen LogP contribution < -0.4 is 15.5 Å². The molecule has 140 valence electrons. The molecule has 1 aromatic carbocycles. The van der Waals surface area contributed by atoms with Crippen molar-refractivity contribution in [2.45, 2.75) is 25.9 Å². The molecule has 2 aromatic heterocycles. The Morgan fingerprint density at radius 1 is 1.19 bits per heavy atom. The van der Waals surface area contributed by atoms with E-state index in [9.17, 15) is 0 Å². The number of imidazole rings is 1. The van der Waals surface area contributed by atoms with Crippen molar-refractivity contribution in [3.8, 4) is 0 Å². The van der Waals surface area contributed by atoms with Crippen LogP contribution in [-0.4, -0.2) is 41.5 Å². The smallest absolute Gasteiger partial charge is 0.191 e. The van der Waals surface area contributed by atoms with Gasteiger partial charge >= 0.3 is 0 Å². The van der Waals surface area contributed by atoms with Gasteiger partial charge in [0.05, 0.1) is 12.2 Å². The first-order valence-electron chi connectivity index (χ1n) is 9.44. The summed E-state index contributed by atoms with van der Waals surface area (Å²) in [6, 6.07) is 17.1. The number of guanidine groups is 1. The molecule has 1 atom stereocenters. The Morgan fingerprint density at radius 2 is 2.04 bits per heavy atom. The van der Waals surface area contributed by atoms with Gasteiger partial charge in [-0.25, -0.2) is 4.98 Å². The molecular weight excluding hydrogens is 336 g/mol. The maximum atomic E-state index is 4.67. The number of aliphatic imine (C=N–C) groups is 1. The van der Waals surface area contributed by atoms with Crippen molar-refractivity contribution in [2.75, 3.05) is 25.0 Å². The van der Waals surface area contributed by atoms with Gasteiger partial charge < -0.3 is 19.9 Å². The molecule has 1 fully saturated rings. The highest BCUT2D eigenvalue weighted by molar-refractivity contribution is 5.80. The van der Waals surface area contributed by atoms with Crippen LogP contribution in [0, 0.1) is 6.92 Å². The molecule has 3 heterocycles. The highest BCUT2D eigenvalue weighted by Gasteiger charge is 2.23. The molecule has 1 saturated heterocycles. The SMILES string of the molecule is CN=C(NCc1cn2c(C)cccc2n1)NC1CCN(c2ccccc2)C1. The van der Waals surface area contributed by atoms with Gasteiger partial charge in [0.25, 0.3) is 0 Å². The monoisotopic (exact) mass is 362 g/mol. The lowest BCUT2D eigenvalue weighted by Crippen LogP contribution is -2.44. The molecule has 0 aliphatic carbocycles. The van der Waals surface area contributed by atoms with E-state index in [1.165, 1.54) is 11.4 Å². The fourth-order valence-electron chi connectivity index (χ4n) is 3.60. The quantitative estimate of drug-likeness (QED) is 0.553. The average molecular weight is 362 g/mol. The number of aromatic nitrogens is 2. The zero-order valence-corrected chi connectivity index (χ0v) is 15.9. The van der Waals surface area contributed by atoms with Crippen molar-refractivity contribution in [1.82, 2.24) is 20.0 Å². The average Bonchev–Trinajstić information content (AvgIpc) is 3.33. The molecule has 4 rings (SSSR count). The van der Waals surface area contributed by atoms with Gasteiger partial charge in [0.1, 0.15) is 5.65 Å².